The molecule has 4 heteroatoms. The van der Waals surface area contributed by atoms with Crippen molar-refractivity contribution in [3.63, 3.8) is 0 Å². The highest BCUT2D eigenvalue weighted by atomic mass is 16.6. The Bertz CT molecular complexity index is 198. The zero-order chi connectivity index (χ0) is 10.1. The molecule has 0 heterocycles. The molecule has 2 atom stereocenters. The quantitative estimate of drug-likeness (QED) is 0.673. The van der Waals surface area contributed by atoms with Crippen LogP contribution in [-0.2, 0) is 4.74 Å². The summed E-state index contributed by atoms with van der Waals surface area (Å²) < 4.78 is 5.10. The second-order valence-electron chi connectivity index (χ2n) is 4.38. The lowest BCUT2D eigenvalue weighted by Gasteiger charge is -2.19. The van der Waals surface area contributed by atoms with Gasteiger partial charge in [-0.05, 0) is 34.2 Å². The fourth-order valence-electron chi connectivity index (χ4n) is 1.13. The number of carbonyl (C=O) groups excluding carboxylic acids is 1. The van der Waals surface area contributed by atoms with E-state index in [0.717, 1.165) is 6.42 Å². The van der Waals surface area contributed by atoms with Gasteiger partial charge in [0.05, 0.1) is 0 Å². The molecule has 76 valence electrons. The van der Waals surface area contributed by atoms with E-state index in [1.165, 1.54) is 0 Å². The average molecular weight is 186 g/mol. The summed E-state index contributed by atoms with van der Waals surface area (Å²) in [5.74, 6) is 0. The molecule has 1 aliphatic carbocycles. The van der Waals surface area contributed by atoms with Crippen LogP contribution in [0.25, 0.3) is 0 Å². The van der Waals surface area contributed by atoms with Gasteiger partial charge in [-0.2, -0.15) is 0 Å². The second kappa shape index (κ2) is 3.54. The van der Waals surface area contributed by atoms with Crippen LogP contribution in [0, 0.1) is 0 Å². The predicted molar refractivity (Wildman–Crippen MR) is 50.6 cm³/mol. The molecule has 0 aromatic carbocycles. The molecule has 0 bridgehead atoms. The Balaban J connectivity index is 2.20. The molecule has 1 fully saturated rings. The molecule has 0 aromatic rings. The Kier molecular flexibility index (Phi) is 2.81. The van der Waals surface area contributed by atoms with Crippen molar-refractivity contribution < 1.29 is 9.53 Å². The topological polar surface area (TPSA) is 50.4 Å². The maximum atomic E-state index is 11.2. The van der Waals surface area contributed by atoms with Gasteiger partial charge < -0.3 is 15.4 Å². The van der Waals surface area contributed by atoms with Crippen LogP contribution in [0.5, 0.6) is 0 Å². The van der Waals surface area contributed by atoms with Crippen LogP contribution in [0.2, 0.25) is 0 Å². The van der Waals surface area contributed by atoms with E-state index in [4.69, 9.17) is 4.74 Å². The van der Waals surface area contributed by atoms with Crippen molar-refractivity contribution in [3.8, 4) is 0 Å². The van der Waals surface area contributed by atoms with Gasteiger partial charge in [-0.1, -0.05) is 0 Å². The molecule has 4 nitrogen and oxygen atoms in total. The van der Waals surface area contributed by atoms with Gasteiger partial charge in [-0.25, -0.2) is 4.79 Å². The first kappa shape index (κ1) is 10.3. The number of amides is 1. The van der Waals surface area contributed by atoms with E-state index in [0.29, 0.717) is 6.04 Å². The molecular formula is C9H18N2O2. The molecule has 0 saturated heterocycles. The van der Waals surface area contributed by atoms with Crippen molar-refractivity contribution in [1.29, 1.82) is 0 Å². The number of ether oxygens (including phenoxy) is 1. The third kappa shape index (κ3) is 3.63. The van der Waals surface area contributed by atoms with Crippen molar-refractivity contribution in [2.24, 2.45) is 0 Å². The monoisotopic (exact) mass is 186 g/mol. The van der Waals surface area contributed by atoms with Gasteiger partial charge in [-0.15, -0.1) is 0 Å². The standard InChI is InChI=1S/C9H18N2O2/c1-9(2,3)13-8(12)11-7-5-6(7)10-4/h6-7,10H,5H2,1-4H3,(H,11,12)/t6-,7+/m0/s1. The first-order chi connectivity index (χ1) is 5.92. The summed E-state index contributed by atoms with van der Waals surface area (Å²) in [7, 11) is 1.89. The lowest BCUT2D eigenvalue weighted by Crippen LogP contribution is -2.36. The molecular weight excluding hydrogens is 168 g/mol. The summed E-state index contributed by atoms with van der Waals surface area (Å²) in [5.41, 5.74) is -0.409. The Morgan fingerprint density at radius 2 is 2.00 bits per heavy atom. The molecule has 1 amide bonds. The van der Waals surface area contributed by atoms with E-state index in [1.54, 1.807) is 0 Å². The third-order valence-corrected chi connectivity index (χ3v) is 1.86. The summed E-state index contributed by atoms with van der Waals surface area (Å²) in [4.78, 5) is 11.2. The second-order valence-corrected chi connectivity index (χ2v) is 4.38. The lowest BCUT2D eigenvalue weighted by molar-refractivity contribution is 0.0522. The predicted octanol–water partition coefficient (Wildman–Crippen LogP) is 0.871. The Hall–Kier alpha value is -0.770. The minimum atomic E-state index is -0.409. The Morgan fingerprint density at radius 1 is 1.38 bits per heavy atom. The minimum Gasteiger partial charge on any atom is -0.444 e. The first-order valence-corrected chi connectivity index (χ1v) is 4.59. The highest BCUT2D eigenvalue weighted by molar-refractivity contribution is 5.68. The normalized spacial score (nSPS) is 26.8. The van der Waals surface area contributed by atoms with Crippen LogP contribution in [0.15, 0.2) is 0 Å². The van der Waals surface area contributed by atoms with Gasteiger partial charge in [0.1, 0.15) is 5.60 Å². The molecule has 0 spiro atoms. The molecule has 1 aliphatic rings. The molecule has 2 N–H and O–H groups in total. The fraction of sp³-hybridized carbons (Fsp3) is 0.889. The van der Waals surface area contributed by atoms with E-state index >= 15 is 0 Å². The van der Waals surface area contributed by atoms with Gasteiger partial charge in [0.2, 0.25) is 0 Å². The molecule has 0 radical (unpaired) electrons. The number of nitrogens with one attached hydrogen (secondary N) is 2. The smallest absolute Gasteiger partial charge is 0.407 e. The van der Waals surface area contributed by atoms with Crippen LogP contribution in [0.4, 0.5) is 4.79 Å². The van der Waals surface area contributed by atoms with Crippen LogP contribution in [0.1, 0.15) is 27.2 Å². The number of alkyl carbamates (subject to hydrolysis) is 1. The number of hydrogen-bond donors (Lipinski definition) is 2. The van der Waals surface area contributed by atoms with Gasteiger partial charge in [0.15, 0.2) is 0 Å². The molecule has 0 aliphatic heterocycles. The maximum Gasteiger partial charge on any atom is 0.407 e. The van der Waals surface area contributed by atoms with Crippen LogP contribution >= 0.6 is 0 Å². The van der Waals surface area contributed by atoms with E-state index < -0.39 is 5.60 Å². The number of rotatable bonds is 2. The van der Waals surface area contributed by atoms with Crippen LogP contribution in [-0.4, -0.2) is 30.8 Å². The molecule has 13 heavy (non-hydrogen) atoms. The summed E-state index contributed by atoms with van der Waals surface area (Å²) in [6, 6.07) is 0.673. The Labute approximate surface area is 79.0 Å². The summed E-state index contributed by atoms with van der Waals surface area (Å²) in [5, 5.41) is 5.87. The molecule has 1 rings (SSSR count). The largest absolute Gasteiger partial charge is 0.444 e. The van der Waals surface area contributed by atoms with E-state index in [1.807, 2.05) is 27.8 Å². The van der Waals surface area contributed by atoms with Gasteiger partial charge in [0.25, 0.3) is 0 Å². The van der Waals surface area contributed by atoms with Gasteiger partial charge in [0, 0.05) is 12.1 Å². The van der Waals surface area contributed by atoms with Gasteiger partial charge >= 0.3 is 6.09 Å². The highest BCUT2D eigenvalue weighted by Crippen LogP contribution is 2.20. The van der Waals surface area contributed by atoms with Crippen LogP contribution in [0.3, 0.4) is 0 Å². The van der Waals surface area contributed by atoms with Crippen LogP contribution < -0.4 is 10.6 Å². The number of likely N-dealkylation sites (N-methyl/N-ethyl adjacent to an activating group) is 1. The van der Waals surface area contributed by atoms with Gasteiger partial charge in [-0.3, -0.25) is 0 Å². The minimum absolute atomic E-state index is 0.250. The van der Waals surface area contributed by atoms with Crippen molar-refractivity contribution in [2.75, 3.05) is 7.05 Å². The number of hydrogen-bond acceptors (Lipinski definition) is 3. The molecule has 0 unspecified atom stereocenters. The summed E-state index contributed by atoms with van der Waals surface area (Å²) in [6.45, 7) is 5.57. The van der Waals surface area contributed by atoms with E-state index in [2.05, 4.69) is 10.6 Å². The number of carbonyl (C=O) groups is 1. The zero-order valence-electron chi connectivity index (χ0n) is 8.68. The van der Waals surface area contributed by atoms with Crippen molar-refractivity contribution in [3.05, 3.63) is 0 Å². The van der Waals surface area contributed by atoms with Crippen molar-refractivity contribution in [1.82, 2.24) is 10.6 Å². The lowest BCUT2D eigenvalue weighted by atomic mass is 10.2. The SMILES string of the molecule is CN[C@H]1C[C@H]1NC(=O)OC(C)(C)C. The van der Waals surface area contributed by atoms with Crippen molar-refractivity contribution >= 4 is 6.09 Å². The molecule has 0 aromatic heterocycles. The van der Waals surface area contributed by atoms with E-state index in [9.17, 15) is 4.79 Å². The maximum absolute atomic E-state index is 11.2. The Morgan fingerprint density at radius 3 is 2.38 bits per heavy atom. The van der Waals surface area contributed by atoms with E-state index in [-0.39, 0.29) is 12.1 Å². The summed E-state index contributed by atoms with van der Waals surface area (Å²) in [6.07, 6.45) is 0.672. The highest BCUT2D eigenvalue weighted by Gasteiger charge is 2.37. The average Bonchev–Trinajstić information content (AvgIpc) is 2.62. The first-order valence-electron chi connectivity index (χ1n) is 4.59. The van der Waals surface area contributed by atoms with Crippen molar-refractivity contribution in [2.45, 2.75) is 44.9 Å². The zero-order valence-corrected chi connectivity index (χ0v) is 8.68. The summed E-state index contributed by atoms with van der Waals surface area (Å²) >= 11 is 0. The third-order valence-electron chi connectivity index (χ3n) is 1.86. The molecule has 1 saturated carbocycles. The fourth-order valence-corrected chi connectivity index (χ4v) is 1.13.